The van der Waals surface area contributed by atoms with Crippen molar-refractivity contribution in [2.45, 2.75) is 6.92 Å². The molecule has 8 nitrogen and oxygen atoms in total. The summed E-state index contributed by atoms with van der Waals surface area (Å²) >= 11 is 11.4. The zero-order chi connectivity index (χ0) is 27.1. The number of carbonyl (C=O) groups is 2. The minimum absolute atomic E-state index is 0.0941. The molecule has 3 aromatic carbocycles. The van der Waals surface area contributed by atoms with E-state index in [0.717, 1.165) is 16.9 Å². The minimum atomic E-state index is -0.344. The highest BCUT2D eigenvalue weighted by Crippen LogP contribution is 2.25. The van der Waals surface area contributed by atoms with Gasteiger partial charge in [0, 0.05) is 42.6 Å². The van der Waals surface area contributed by atoms with Crippen LogP contribution in [0.1, 0.15) is 15.9 Å². The van der Waals surface area contributed by atoms with E-state index < -0.39 is 0 Å². The lowest BCUT2D eigenvalue weighted by atomic mass is 10.1. The van der Waals surface area contributed by atoms with Crippen LogP contribution in [-0.4, -0.2) is 61.7 Å². The number of anilines is 2. The summed E-state index contributed by atoms with van der Waals surface area (Å²) in [7, 11) is 1.54. The average Bonchev–Trinajstić information content (AvgIpc) is 2.92. The Hall–Kier alpha value is -3.82. The van der Waals surface area contributed by atoms with Gasteiger partial charge in [0.1, 0.15) is 11.5 Å². The van der Waals surface area contributed by atoms with Crippen LogP contribution in [0.2, 0.25) is 5.02 Å². The first-order valence-electron chi connectivity index (χ1n) is 12.1. The van der Waals surface area contributed by atoms with Crippen LogP contribution in [-0.2, 0) is 4.79 Å². The number of nitrogens with one attached hydrogen (secondary N) is 2. The van der Waals surface area contributed by atoms with Crippen LogP contribution in [0.3, 0.4) is 0 Å². The minimum Gasteiger partial charge on any atom is -0.496 e. The van der Waals surface area contributed by atoms with E-state index in [1.54, 1.807) is 24.3 Å². The molecule has 1 aliphatic rings. The summed E-state index contributed by atoms with van der Waals surface area (Å²) in [6.07, 6.45) is 0. The number of rotatable bonds is 7. The predicted octanol–water partition coefficient (Wildman–Crippen LogP) is 4.51. The van der Waals surface area contributed by atoms with Crippen LogP contribution >= 0.6 is 23.8 Å². The van der Waals surface area contributed by atoms with Crippen molar-refractivity contribution in [3.05, 3.63) is 82.9 Å². The summed E-state index contributed by atoms with van der Waals surface area (Å²) in [4.78, 5) is 29.2. The van der Waals surface area contributed by atoms with Crippen LogP contribution in [0.4, 0.5) is 11.4 Å². The second-order valence-corrected chi connectivity index (χ2v) is 9.62. The summed E-state index contributed by atoms with van der Waals surface area (Å²) in [6.45, 7) is 4.36. The summed E-state index contributed by atoms with van der Waals surface area (Å²) < 4.78 is 10.8. The molecule has 0 aliphatic carbocycles. The van der Waals surface area contributed by atoms with Crippen molar-refractivity contribution in [1.29, 1.82) is 0 Å². The number of hydrogen-bond acceptors (Lipinski definition) is 6. The largest absolute Gasteiger partial charge is 0.496 e. The monoisotopic (exact) mass is 552 g/mol. The fourth-order valence-corrected chi connectivity index (χ4v) is 4.52. The van der Waals surface area contributed by atoms with Crippen molar-refractivity contribution in [1.82, 2.24) is 10.2 Å². The lowest BCUT2D eigenvalue weighted by Gasteiger charge is -2.36. The van der Waals surface area contributed by atoms with Gasteiger partial charge in [-0.2, -0.15) is 0 Å². The molecule has 198 valence electrons. The second kappa shape index (κ2) is 12.6. The molecule has 3 aromatic rings. The number of ether oxygens (including phenoxy) is 2. The average molecular weight is 553 g/mol. The van der Waals surface area contributed by atoms with Crippen LogP contribution in [0.15, 0.2) is 66.7 Å². The molecule has 1 heterocycles. The van der Waals surface area contributed by atoms with Gasteiger partial charge in [-0.15, -0.1) is 0 Å². The van der Waals surface area contributed by atoms with Crippen molar-refractivity contribution in [3.8, 4) is 11.5 Å². The topological polar surface area (TPSA) is 83.1 Å². The van der Waals surface area contributed by atoms with Gasteiger partial charge in [-0.1, -0.05) is 23.7 Å². The van der Waals surface area contributed by atoms with Crippen molar-refractivity contribution in [2.24, 2.45) is 0 Å². The molecule has 0 aromatic heterocycles. The first-order valence-corrected chi connectivity index (χ1v) is 12.9. The summed E-state index contributed by atoms with van der Waals surface area (Å²) in [5.74, 6) is 0.702. The highest BCUT2D eigenvalue weighted by Gasteiger charge is 2.24. The van der Waals surface area contributed by atoms with Gasteiger partial charge in [0.05, 0.1) is 12.7 Å². The van der Waals surface area contributed by atoms with Crippen LogP contribution < -0.4 is 25.0 Å². The Morgan fingerprint density at radius 3 is 2.42 bits per heavy atom. The van der Waals surface area contributed by atoms with Crippen molar-refractivity contribution in [3.63, 3.8) is 0 Å². The predicted molar refractivity (Wildman–Crippen MR) is 154 cm³/mol. The first kappa shape index (κ1) is 27.2. The third kappa shape index (κ3) is 7.14. The number of amides is 2. The molecule has 0 spiro atoms. The van der Waals surface area contributed by atoms with E-state index in [-0.39, 0.29) is 23.5 Å². The zero-order valence-electron chi connectivity index (χ0n) is 21.2. The van der Waals surface area contributed by atoms with Crippen LogP contribution in [0.5, 0.6) is 11.5 Å². The maximum Gasteiger partial charge on any atom is 0.264 e. The van der Waals surface area contributed by atoms with Gasteiger partial charge in [-0.3, -0.25) is 14.9 Å². The summed E-state index contributed by atoms with van der Waals surface area (Å²) in [5.41, 5.74) is 3.30. The molecule has 2 N–H and O–H groups in total. The summed E-state index contributed by atoms with van der Waals surface area (Å²) in [6, 6.07) is 20.3. The molecular weight excluding hydrogens is 524 g/mol. The molecule has 2 amide bonds. The molecule has 1 saturated heterocycles. The number of carbonyl (C=O) groups excluding carboxylic acids is 2. The van der Waals surface area contributed by atoms with Crippen LogP contribution in [0.25, 0.3) is 0 Å². The van der Waals surface area contributed by atoms with Gasteiger partial charge in [-0.25, -0.2) is 0 Å². The van der Waals surface area contributed by atoms with Gasteiger partial charge in [0.25, 0.3) is 11.8 Å². The van der Waals surface area contributed by atoms with E-state index in [9.17, 15) is 9.59 Å². The molecule has 10 heteroatoms. The van der Waals surface area contributed by atoms with Gasteiger partial charge in [0.15, 0.2) is 11.7 Å². The number of hydrogen-bond donors (Lipinski definition) is 2. The third-order valence-electron chi connectivity index (χ3n) is 6.06. The number of aryl methyl sites for hydroxylation is 1. The molecule has 1 fully saturated rings. The quantitative estimate of drug-likeness (QED) is 0.417. The number of benzene rings is 3. The molecule has 0 radical (unpaired) electrons. The van der Waals surface area contributed by atoms with Gasteiger partial charge in [0.2, 0.25) is 0 Å². The van der Waals surface area contributed by atoms with E-state index in [1.165, 1.54) is 7.11 Å². The normalized spacial score (nSPS) is 13.0. The number of methoxy groups -OCH3 is 1. The van der Waals surface area contributed by atoms with Gasteiger partial charge >= 0.3 is 0 Å². The fraction of sp³-hybridized carbons (Fsp3) is 0.250. The zero-order valence-corrected chi connectivity index (χ0v) is 22.8. The molecule has 0 saturated carbocycles. The molecule has 1 aliphatic heterocycles. The van der Waals surface area contributed by atoms with Crippen LogP contribution in [0, 0.1) is 6.92 Å². The Morgan fingerprint density at radius 1 is 1.00 bits per heavy atom. The van der Waals surface area contributed by atoms with Gasteiger partial charge in [-0.05, 0) is 79.3 Å². The molecule has 0 unspecified atom stereocenters. The Labute approximate surface area is 232 Å². The number of halogens is 1. The maximum atomic E-state index is 13.0. The van der Waals surface area contributed by atoms with Crippen molar-refractivity contribution in [2.75, 3.05) is 50.1 Å². The van der Waals surface area contributed by atoms with Crippen molar-refractivity contribution >= 4 is 52.1 Å². The van der Waals surface area contributed by atoms with E-state index in [4.69, 9.17) is 33.3 Å². The lowest BCUT2D eigenvalue weighted by Crippen LogP contribution is -2.48. The number of thiocarbonyl (C=S) groups is 1. The van der Waals surface area contributed by atoms with E-state index in [2.05, 4.69) is 15.5 Å². The molecule has 38 heavy (non-hydrogen) atoms. The number of piperazine rings is 1. The van der Waals surface area contributed by atoms with E-state index >= 15 is 0 Å². The second-order valence-electron chi connectivity index (χ2n) is 8.78. The molecule has 4 rings (SSSR count). The Balaban J connectivity index is 1.24. The smallest absolute Gasteiger partial charge is 0.264 e. The molecular formula is C28H29ClN4O4S. The molecule has 0 bridgehead atoms. The van der Waals surface area contributed by atoms with Gasteiger partial charge < -0.3 is 24.6 Å². The Morgan fingerprint density at radius 2 is 1.74 bits per heavy atom. The molecule has 0 atom stereocenters. The number of nitrogens with zero attached hydrogens (tertiary/aromatic N) is 2. The lowest BCUT2D eigenvalue weighted by molar-refractivity contribution is -0.121. The summed E-state index contributed by atoms with van der Waals surface area (Å²) in [5, 5.41) is 6.33. The maximum absolute atomic E-state index is 13.0. The SMILES string of the molecule is COc1ccc(Cl)cc1C(=O)N1CCN(c2ccc(NC(=S)NC(=O)COc3cccc(C)c3)cc2)CC1. The van der Waals surface area contributed by atoms with Crippen molar-refractivity contribution < 1.29 is 19.1 Å². The standard InChI is InChI=1S/C28H29ClN4O4S/c1-19-4-3-5-23(16-19)37-18-26(34)31-28(38)30-21-7-9-22(10-8-21)32-12-14-33(15-13-32)27(35)24-17-20(29)6-11-25(24)36-2/h3-11,16-17H,12-15,18H2,1-2H3,(H2,30,31,34,38). The Kier molecular flexibility index (Phi) is 9.04. The highest BCUT2D eigenvalue weighted by atomic mass is 35.5. The first-order chi connectivity index (χ1) is 18.3. The fourth-order valence-electron chi connectivity index (χ4n) is 4.12. The highest BCUT2D eigenvalue weighted by molar-refractivity contribution is 7.80. The Bertz CT molecular complexity index is 1310. The van der Waals surface area contributed by atoms with E-state index in [0.29, 0.717) is 48.3 Å². The van der Waals surface area contributed by atoms with E-state index in [1.807, 2.05) is 54.3 Å². The third-order valence-corrected chi connectivity index (χ3v) is 6.50.